The van der Waals surface area contributed by atoms with E-state index in [1.165, 1.54) is 11.3 Å². The van der Waals surface area contributed by atoms with Crippen LogP contribution in [-0.2, 0) is 5.75 Å². The molecule has 0 unspecified atom stereocenters. The van der Waals surface area contributed by atoms with Gasteiger partial charge in [0.15, 0.2) is 4.34 Å². The Kier molecular flexibility index (Phi) is 5.50. The van der Waals surface area contributed by atoms with E-state index in [9.17, 15) is 4.79 Å². The third kappa shape index (κ3) is 4.56. The molecule has 3 rings (SSSR count). The van der Waals surface area contributed by atoms with Crippen LogP contribution >= 0.6 is 34.7 Å². The molecule has 1 N–H and O–H groups in total. The van der Waals surface area contributed by atoms with Gasteiger partial charge in [-0.2, -0.15) is 0 Å². The van der Waals surface area contributed by atoms with Crippen LogP contribution in [-0.4, -0.2) is 16.1 Å². The Morgan fingerprint density at radius 2 is 2.04 bits per heavy atom. The zero-order chi connectivity index (χ0) is 16.9. The zero-order valence-electron chi connectivity index (χ0n) is 12.8. The van der Waals surface area contributed by atoms with E-state index in [-0.39, 0.29) is 5.91 Å². The number of amides is 1. The number of anilines is 1. The molecule has 0 saturated heterocycles. The highest BCUT2D eigenvalue weighted by atomic mass is 35.5. The van der Waals surface area contributed by atoms with Gasteiger partial charge in [-0.1, -0.05) is 64.5 Å². The number of aromatic nitrogens is 2. The molecule has 0 bridgehead atoms. The van der Waals surface area contributed by atoms with Gasteiger partial charge in [-0.05, 0) is 36.8 Å². The molecule has 0 spiro atoms. The van der Waals surface area contributed by atoms with Gasteiger partial charge >= 0.3 is 0 Å². The molecule has 0 atom stereocenters. The highest BCUT2D eigenvalue weighted by Gasteiger charge is 2.11. The molecule has 1 aromatic heterocycles. The number of benzene rings is 2. The van der Waals surface area contributed by atoms with E-state index in [2.05, 4.69) is 15.5 Å². The van der Waals surface area contributed by atoms with Crippen LogP contribution in [0.5, 0.6) is 0 Å². The first-order chi connectivity index (χ1) is 11.6. The van der Waals surface area contributed by atoms with Gasteiger partial charge in [0.2, 0.25) is 5.13 Å². The van der Waals surface area contributed by atoms with E-state index in [4.69, 9.17) is 11.6 Å². The number of thioether (sulfide) groups is 1. The molecule has 0 aliphatic carbocycles. The average Bonchev–Trinajstić information content (AvgIpc) is 3.00. The van der Waals surface area contributed by atoms with Crippen LogP contribution in [0.3, 0.4) is 0 Å². The number of hydrogen-bond donors (Lipinski definition) is 1. The smallest absolute Gasteiger partial charge is 0.257 e. The van der Waals surface area contributed by atoms with Gasteiger partial charge in [0.25, 0.3) is 5.91 Å². The molecule has 2 aromatic carbocycles. The van der Waals surface area contributed by atoms with E-state index in [0.717, 1.165) is 26.2 Å². The number of carbonyl (C=O) groups is 1. The summed E-state index contributed by atoms with van der Waals surface area (Å²) in [5.74, 6) is 0.572. The Morgan fingerprint density at radius 1 is 1.21 bits per heavy atom. The van der Waals surface area contributed by atoms with Crippen LogP contribution < -0.4 is 5.32 Å². The van der Waals surface area contributed by atoms with Gasteiger partial charge in [0, 0.05) is 16.3 Å². The minimum atomic E-state index is -0.179. The molecule has 3 aromatic rings. The highest BCUT2D eigenvalue weighted by molar-refractivity contribution is 8.00. The van der Waals surface area contributed by atoms with E-state index in [1.807, 2.05) is 49.4 Å². The number of nitrogens with one attached hydrogen (secondary N) is 1. The second-order valence-electron chi connectivity index (χ2n) is 5.12. The van der Waals surface area contributed by atoms with Crippen molar-refractivity contribution in [3.8, 4) is 0 Å². The minimum absolute atomic E-state index is 0.179. The van der Waals surface area contributed by atoms with Crippen molar-refractivity contribution >= 4 is 45.7 Å². The number of carbonyl (C=O) groups excluding carboxylic acids is 1. The van der Waals surface area contributed by atoms with Crippen molar-refractivity contribution in [3.05, 3.63) is 70.2 Å². The molecule has 0 fully saturated rings. The van der Waals surface area contributed by atoms with E-state index in [1.54, 1.807) is 17.8 Å². The van der Waals surface area contributed by atoms with Crippen molar-refractivity contribution in [1.29, 1.82) is 0 Å². The number of halogens is 1. The van der Waals surface area contributed by atoms with Crippen LogP contribution in [0.1, 0.15) is 21.5 Å². The molecule has 4 nitrogen and oxygen atoms in total. The monoisotopic (exact) mass is 375 g/mol. The number of nitrogens with zero attached hydrogens (tertiary/aromatic N) is 2. The lowest BCUT2D eigenvalue weighted by atomic mass is 10.1. The fourth-order valence-electron chi connectivity index (χ4n) is 2.05. The largest absolute Gasteiger partial charge is 0.296 e. The predicted molar refractivity (Wildman–Crippen MR) is 100 cm³/mol. The third-order valence-corrected chi connectivity index (χ3v) is 5.44. The molecular formula is C17H14ClN3OS2. The van der Waals surface area contributed by atoms with Crippen molar-refractivity contribution in [1.82, 2.24) is 10.2 Å². The Morgan fingerprint density at radius 3 is 2.83 bits per heavy atom. The van der Waals surface area contributed by atoms with E-state index < -0.39 is 0 Å². The second-order valence-corrected chi connectivity index (χ2v) is 7.75. The standard InChI is InChI=1S/C17H14ClN3OS2/c1-11-4-2-6-13(8-11)15(22)19-16-20-21-17(24-16)23-10-12-5-3-7-14(18)9-12/h2-9H,10H2,1H3,(H,19,20,22). The summed E-state index contributed by atoms with van der Waals surface area (Å²) < 4.78 is 0.800. The minimum Gasteiger partial charge on any atom is -0.296 e. The van der Waals surface area contributed by atoms with Crippen molar-refractivity contribution in [3.63, 3.8) is 0 Å². The Hall–Kier alpha value is -1.89. The van der Waals surface area contributed by atoms with E-state index in [0.29, 0.717) is 10.7 Å². The summed E-state index contributed by atoms with van der Waals surface area (Å²) in [6.07, 6.45) is 0. The lowest BCUT2D eigenvalue weighted by Crippen LogP contribution is -2.11. The van der Waals surface area contributed by atoms with Gasteiger partial charge in [0.05, 0.1) is 0 Å². The van der Waals surface area contributed by atoms with Crippen LogP contribution in [0.15, 0.2) is 52.9 Å². The zero-order valence-corrected chi connectivity index (χ0v) is 15.2. The molecule has 24 heavy (non-hydrogen) atoms. The van der Waals surface area contributed by atoms with Gasteiger partial charge in [-0.3, -0.25) is 10.1 Å². The molecule has 0 aliphatic heterocycles. The summed E-state index contributed by atoms with van der Waals surface area (Å²) in [5, 5.41) is 12.1. The van der Waals surface area contributed by atoms with Crippen LogP contribution in [0.25, 0.3) is 0 Å². The fourth-order valence-corrected chi connectivity index (χ4v) is 3.95. The SMILES string of the molecule is Cc1cccc(C(=O)Nc2nnc(SCc3cccc(Cl)c3)s2)c1. The molecule has 1 amide bonds. The Labute approximate surface area is 153 Å². The molecule has 122 valence electrons. The fraction of sp³-hybridized carbons (Fsp3) is 0.118. The number of hydrogen-bond acceptors (Lipinski definition) is 5. The maximum atomic E-state index is 12.2. The van der Waals surface area contributed by atoms with Crippen molar-refractivity contribution < 1.29 is 4.79 Å². The van der Waals surface area contributed by atoms with Gasteiger partial charge < -0.3 is 0 Å². The number of rotatable bonds is 5. The first-order valence-electron chi connectivity index (χ1n) is 7.19. The predicted octanol–water partition coefficient (Wildman–Crippen LogP) is 5.04. The normalized spacial score (nSPS) is 10.6. The maximum Gasteiger partial charge on any atom is 0.257 e. The molecule has 0 radical (unpaired) electrons. The highest BCUT2D eigenvalue weighted by Crippen LogP contribution is 2.29. The van der Waals surface area contributed by atoms with Gasteiger partial charge in [-0.15, -0.1) is 10.2 Å². The summed E-state index contributed by atoms with van der Waals surface area (Å²) in [5.41, 5.74) is 2.77. The first kappa shape index (κ1) is 17.0. The Bertz CT molecular complexity index is 866. The summed E-state index contributed by atoms with van der Waals surface area (Å²) in [4.78, 5) is 12.2. The summed E-state index contributed by atoms with van der Waals surface area (Å²) in [6, 6.07) is 15.1. The summed E-state index contributed by atoms with van der Waals surface area (Å²) in [7, 11) is 0. The van der Waals surface area contributed by atoms with Crippen molar-refractivity contribution in [2.75, 3.05) is 5.32 Å². The van der Waals surface area contributed by atoms with E-state index >= 15 is 0 Å². The Balaban J connectivity index is 1.60. The molecule has 7 heteroatoms. The van der Waals surface area contributed by atoms with Crippen molar-refractivity contribution in [2.24, 2.45) is 0 Å². The maximum absolute atomic E-state index is 12.2. The summed E-state index contributed by atoms with van der Waals surface area (Å²) in [6.45, 7) is 1.95. The molecule has 0 aliphatic rings. The van der Waals surface area contributed by atoms with Gasteiger partial charge in [-0.25, -0.2) is 0 Å². The molecular weight excluding hydrogens is 362 g/mol. The van der Waals surface area contributed by atoms with Crippen LogP contribution in [0.4, 0.5) is 5.13 Å². The quantitative estimate of drug-likeness (QED) is 0.501. The van der Waals surface area contributed by atoms with Gasteiger partial charge in [0.1, 0.15) is 0 Å². The third-order valence-electron chi connectivity index (χ3n) is 3.16. The lowest BCUT2D eigenvalue weighted by Gasteiger charge is -2.01. The number of aryl methyl sites for hydroxylation is 1. The molecule has 0 saturated carbocycles. The average molecular weight is 376 g/mol. The first-order valence-corrected chi connectivity index (χ1v) is 9.37. The molecule has 1 heterocycles. The summed E-state index contributed by atoms with van der Waals surface area (Å²) >= 11 is 8.90. The topological polar surface area (TPSA) is 54.9 Å². The second kappa shape index (κ2) is 7.79. The van der Waals surface area contributed by atoms with Crippen LogP contribution in [0, 0.1) is 6.92 Å². The van der Waals surface area contributed by atoms with Crippen LogP contribution in [0.2, 0.25) is 5.02 Å². The lowest BCUT2D eigenvalue weighted by molar-refractivity contribution is 0.102. The van der Waals surface area contributed by atoms with Crippen molar-refractivity contribution in [2.45, 2.75) is 17.0 Å².